The normalized spacial score (nSPS) is 12.4. The predicted octanol–water partition coefficient (Wildman–Crippen LogP) is 1.94. The fraction of sp³-hybridized carbons (Fsp3) is 0.273. The first-order chi connectivity index (χ1) is 8.97. The minimum Gasteiger partial charge on any atom is -0.387 e. The largest absolute Gasteiger partial charge is 0.387 e. The van der Waals surface area contributed by atoms with Crippen molar-refractivity contribution in [2.45, 2.75) is 19.6 Å². The minimum absolute atomic E-state index is 0.0680. The lowest BCUT2D eigenvalue weighted by Gasteiger charge is -2.03. The Hall–Kier alpha value is -1.99. The zero-order valence-corrected chi connectivity index (χ0v) is 10.8. The Morgan fingerprint density at radius 3 is 2.89 bits per heavy atom. The number of nitro groups is 1. The van der Waals surface area contributed by atoms with Gasteiger partial charge in [-0.15, -0.1) is 5.10 Å². The highest BCUT2D eigenvalue weighted by molar-refractivity contribution is 6.30. The summed E-state index contributed by atoms with van der Waals surface area (Å²) in [5, 5.41) is 28.2. The van der Waals surface area contributed by atoms with Crippen LogP contribution in [0.25, 0.3) is 0 Å². The highest BCUT2D eigenvalue weighted by Crippen LogP contribution is 2.24. The van der Waals surface area contributed by atoms with Crippen LogP contribution in [0.1, 0.15) is 24.3 Å². The number of aromatic nitrogens is 3. The lowest BCUT2D eigenvalue weighted by molar-refractivity contribution is -0.385. The third-order valence-corrected chi connectivity index (χ3v) is 2.80. The van der Waals surface area contributed by atoms with E-state index in [-0.39, 0.29) is 12.2 Å². The van der Waals surface area contributed by atoms with Crippen molar-refractivity contribution in [1.29, 1.82) is 0 Å². The fourth-order valence-electron chi connectivity index (χ4n) is 1.60. The molecule has 1 atom stereocenters. The molecular weight excluding hydrogens is 272 g/mol. The molecule has 8 heteroatoms. The lowest BCUT2D eigenvalue weighted by Crippen LogP contribution is -2.04. The highest BCUT2D eigenvalue weighted by atomic mass is 35.5. The molecular formula is C11H11ClN4O3. The Labute approximate surface area is 113 Å². The number of hydrogen-bond acceptors (Lipinski definition) is 5. The van der Waals surface area contributed by atoms with E-state index in [2.05, 4.69) is 10.3 Å². The van der Waals surface area contributed by atoms with Gasteiger partial charge in [0.1, 0.15) is 5.69 Å². The van der Waals surface area contributed by atoms with Crippen LogP contribution in [-0.4, -0.2) is 25.0 Å². The molecule has 1 heterocycles. The highest BCUT2D eigenvalue weighted by Gasteiger charge is 2.15. The Balaban J connectivity index is 2.29. The molecule has 1 aromatic heterocycles. The van der Waals surface area contributed by atoms with Gasteiger partial charge in [0.15, 0.2) is 0 Å². The van der Waals surface area contributed by atoms with Crippen molar-refractivity contribution in [2.75, 3.05) is 0 Å². The van der Waals surface area contributed by atoms with E-state index < -0.39 is 11.0 Å². The van der Waals surface area contributed by atoms with Crippen molar-refractivity contribution >= 4 is 17.3 Å². The number of nitrogens with zero attached hydrogens (tertiary/aromatic N) is 4. The van der Waals surface area contributed by atoms with Crippen molar-refractivity contribution in [2.24, 2.45) is 0 Å². The molecule has 0 amide bonds. The lowest BCUT2D eigenvalue weighted by atomic mass is 10.2. The molecule has 19 heavy (non-hydrogen) atoms. The van der Waals surface area contributed by atoms with Crippen LogP contribution in [0.2, 0.25) is 5.02 Å². The van der Waals surface area contributed by atoms with Crippen LogP contribution >= 0.6 is 11.6 Å². The Morgan fingerprint density at radius 1 is 1.58 bits per heavy atom. The first-order valence-corrected chi connectivity index (χ1v) is 5.86. The van der Waals surface area contributed by atoms with Gasteiger partial charge in [0.05, 0.1) is 29.3 Å². The summed E-state index contributed by atoms with van der Waals surface area (Å²) < 4.78 is 1.43. The van der Waals surface area contributed by atoms with E-state index in [0.717, 1.165) is 0 Å². The van der Waals surface area contributed by atoms with Crippen molar-refractivity contribution in [1.82, 2.24) is 15.0 Å². The molecule has 0 saturated carbocycles. The summed E-state index contributed by atoms with van der Waals surface area (Å²) in [7, 11) is 0. The van der Waals surface area contributed by atoms with E-state index in [1.165, 1.54) is 10.7 Å². The van der Waals surface area contributed by atoms with Gasteiger partial charge in [-0.05, 0) is 19.1 Å². The molecule has 1 N–H and O–H groups in total. The quantitative estimate of drug-likeness (QED) is 0.683. The maximum atomic E-state index is 10.9. The van der Waals surface area contributed by atoms with Crippen molar-refractivity contribution in [3.63, 3.8) is 0 Å². The topological polar surface area (TPSA) is 94.1 Å². The van der Waals surface area contributed by atoms with Crippen molar-refractivity contribution in [3.8, 4) is 0 Å². The number of aliphatic hydroxyl groups is 1. The van der Waals surface area contributed by atoms with Crippen LogP contribution in [-0.2, 0) is 6.54 Å². The molecule has 2 aromatic rings. The summed E-state index contributed by atoms with van der Waals surface area (Å²) in [5.74, 6) is 0. The third-order valence-electron chi connectivity index (χ3n) is 2.56. The first-order valence-electron chi connectivity index (χ1n) is 5.48. The third kappa shape index (κ3) is 3.07. The molecule has 0 aliphatic rings. The molecule has 0 aliphatic carbocycles. The number of halogens is 1. The second-order valence-corrected chi connectivity index (χ2v) is 4.48. The number of aliphatic hydroxyl groups excluding tert-OH is 1. The van der Waals surface area contributed by atoms with Crippen LogP contribution < -0.4 is 0 Å². The second-order valence-electron chi connectivity index (χ2n) is 4.05. The number of hydrogen-bond donors (Lipinski definition) is 1. The van der Waals surface area contributed by atoms with Gasteiger partial charge in [-0.25, -0.2) is 4.68 Å². The maximum absolute atomic E-state index is 10.9. The van der Waals surface area contributed by atoms with Crippen LogP contribution in [0, 0.1) is 10.1 Å². The van der Waals surface area contributed by atoms with Gasteiger partial charge in [0.25, 0.3) is 5.69 Å². The first kappa shape index (κ1) is 13.4. The van der Waals surface area contributed by atoms with E-state index in [9.17, 15) is 15.2 Å². The summed E-state index contributed by atoms with van der Waals surface area (Å²) in [4.78, 5) is 10.4. The minimum atomic E-state index is -0.728. The molecule has 1 unspecified atom stereocenters. The smallest absolute Gasteiger partial charge is 0.275 e. The summed E-state index contributed by atoms with van der Waals surface area (Å²) in [6.45, 7) is 1.76. The molecule has 0 bridgehead atoms. The molecule has 100 valence electrons. The van der Waals surface area contributed by atoms with E-state index in [1.54, 1.807) is 25.3 Å². The Bertz CT molecular complexity index is 612. The number of benzene rings is 1. The molecule has 0 aliphatic heterocycles. The molecule has 0 saturated heterocycles. The van der Waals surface area contributed by atoms with E-state index >= 15 is 0 Å². The Morgan fingerprint density at radius 2 is 2.32 bits per heavy atom. The summed E-state index contributed by atoms with van der Waals surface area (Å²) in [5.41, 5.74) is 0.814. The maximum Gasteiger partial charge on any atom is 0.275 e. The van der Waals surface area contributed by atoms with Crippen LogP contribution in [0.15, 0.2) is 24.4 Å². The van der Waals surface area contributed by atoms with Gasteiger partial charge in [-0.3, -0.25) is 10.1 Å². The van der Waals surface area contributed by atoms with E-state index in [1.807, 2.05) is 0 Å². The average Bonchev–Trinajstić information content (AvgIpc) is 2.80. The van der Waals surface area contributed by atoms with Gasteiger partial charge in [0.2, 0.25) is 0 Å². The predicted molar refractivity (Wildman–Crippen MR) is 67.9 cm³/mol. The van der Waals surface area contributed by atoms with Gasteiger partial charge in [0, 0.05) is 11.1 Å². The van der Waals surface area contributed by atoms with Gasteiger partial charge in [-0.1, -0.05) is 16.8 Å². The second kappa shape index (κ2) is 5.33. The Kier molecular flexibility index (Phi) is 3.77. The molecule has 0 radical (unpaired) electrons. The number of nitro benzene ring substituents is 1. The van der Waals surface area contributed by atoms with Crippen molar-refractivity contribution in [3.05, 3.63) is 50.8 Å². The fourth-order valence-corrected chi connectivity index (χ4v) is 1.76. The molecule has 0 spiro atoms. The van der Waals surface area contributed by atoms with Crippen LogP contribution in [0.5, 0.6) is 0 Å². The molecule has 0 fully saturated rings. The van der Waals surface area contributed by atoms with Crippen LogP contribution in [0.3, 0.4) is 0 Å². The van der Waals surface area contributed by atoms with Gasteiger partial charge < -0.3 is 5.11 Å². The average molecular weight is 283 g/mol. The number of rotatable bonds is 4. The van der Waals surface area contributed by atoms with E-state index in [0.29, 0.717) is 16.3 Å². The molecule has 7 nitrogen and oxygen atoms in total. The SMILES string of the molecule is CC(O)c1cn(Cc2ccc(Cl)cc2[N+](=O)[O-])nn1. The molecule has 1 aromatic carbocycles. The summed E-state index contributed by atoms with van der Waals surface area (Å²) in [6, 6.07) is 4.45. The zero-order valence-electron chi connectivity index (χ0n) is 10.0. The van der Waals surface area contributed by atoms with Crippen LogP contribution in [0.4, 0.5) is 5.69 Å². The summed E-state index contributed by atoms with van der Waals surface area (Å²) in [6.07, 6.45) is 0.817. The van der Waals surface area contributed by atoms with E-state index in [4.69, 9.17) is 11.6 Å². The standard InChI is InChI=1S/C11H11ClN4O3/c1-7(17)10-6-15(14-13-10)5-8-2-3-9(12)4-11(8)16(18)19/h2-4,6-7,17H,5H2,1H3. The summed E-state index contributed by atoms with van der Waals surface area (Å²) >= 11 is 5.74. The van der Waals surface area contributed by atoms with Gasteiger partial charge in [-0.2, -0.15) is 0 Å². The monoisotopic (exact) mass is 282 g/mol. The zero-order chi connectivity index (χ0) is 14.0. The molecule has 2 rings (SSSR count). The van der Waals surface area contributed by atoms with Gasteiger partial charge >= 0.3 is 0 Å². The van der Waals surface area contributed by atoms with Crippen molar-refractivity contribution < 1.29 is 10.0 Å².